The number of carboxylic acids is 1. The number of amides is 1. The summed E-state index contributed by atoms with van der Waals surface area (Å²) in [5.41, 5.74) is 0.239. The number of methoxy groups -OCH3 is 1. The van der Waals surface area contributed by atoms with E-state index in [1.54, 1.807) is 0 Å². The van der Waals surface area contributed by atoms with Crippen molar-refractivity contribution in [1.29, 1.82) is 0 Å². The number of nitrogens with zero attached hydrogens (tertiary/aromatic N) is 1. The maximum absolute atomic E-state index is 12.2. The van der Waals surface area contributed by atoms with E-state index in [0.29, 0.717) is 19.4 Å². The first-order chi connectivity index (χ1) is 8.88. The molecule has 0 spiro atoms. The zero-order chi connectivity index (χ0) is 14.6. The molecule has 1 saturated heterocycles. The van der Waals surface area contributed by atoms with E-state index in [-0.39, 0.29) is 35.5 Å². The van der Waals surface area contributed by atoms with Crippen LogP contribution < -0.4 is 0 Å². The Morgan fingerprint density at radius 3 is 2.37 bits per heavy atom. The predicted molar refractivity (Wildman–Crippen MR) is 67.3 cm³/mol. The van der Waals surface area contributed by atoms with Crippen LogP contribution in [0.2, 0.25) is 0 Å². The molecule has 19 heavy (non-hydrogen) atoms. The van der Waals surface area contributed by atoms with E-state index in [1.807, 2.05) is 0 Å². The quantitative estimate of drug-likeness (QED) is 0.605. The number of hydrogen-bond donors (Lipinski definition) is 1. The first kappa shape index (κ1) is 15.2. The van der Waals surface area contributed by atoms with Crippen molar-refractivity contribution in [3.05, 3.63) is 11.1 Å². The lowest BCUT2D eigenvalue weighted by Gasteiger charge is -2.31. The molecule has 0 aliphatic carbocycles. The van der Waals surface area contributed by atoms with Gasteiger partial charge in [0.25, 0.3) is 0 Å². The molecular weight excluding hydrogens is 250 g/mol. The van der Waals surface area contributed by atoms with Gasteiger partial charge in [-0.05, 0) is 26.7 Å². The third-order valence-corrected chi connectivity index (χ3v) is 3.45. The Kier molecular flexibility index (Phi) is 5.09. The number of carboxylic acid groups (broad SMARTS) is 1. The van der Waals surface area contributed by atoms with Gasteiger partial charge in [-0.2, -0.15) is 0 Å². The van der Waals surface area contributed by atoms with Crippen LogP contribution in [0.1, 0.15) is 26.7 Å². The molecule has 106 valence electrons. The van der Waals surface area contributed by atoms with E-state index in [9.17, 15) is 14.4 Å². The minimum Gasteiger partial charge on any atom is -0.478 e. The number of carbonyl (C=O) groups is 3. The number of hydrogen-bond acceptors (Lipinski definition) is 4. The highest BCUT2D eigenvalue weighted by Gasteiger charge is 2.30. The molecule has 1 N–H and O–H groups in total. The van der Waals surface area contributed by atoms with E-state index in [0.717, 1.165) is 0 Å². The lowest BCUT2D eigenvalue weighted by Crippen LogP contribution is -2.43. The maximum Gasteiger partial charge on any atom is 0.331 e. The largest absolute Gasteiger partial charge is 0.478 e. The van der Waals surface area contributed by atoms with E-state index in [1.165, 1.54) is 25.9 Å². The summed E-state index contributed by atoms with van der Waals surface area (Å²) in [6, 6.07) is 0. The average Bonchev–Trinajstić information content (AvgIpc) is 2.43. The van der Waals surface area contributed by atoms with Crippen LogP contribution in [-0.4, -0.2) is 48.1 Å². The topological polar surface area (TPSA) is 83.9 Å². The SMILES string of the molecule is COC(=O)C1CCCN(C(=O)C(C)=C(C)C(=O)O)C1. The number of carbonyl (C=O) groups excluding carboxylic acids is 2. The third kappa shape index (κ3) is 3.56. The van der Waals surface area contributed by atoms with Crippen molar-refractivity contribution >= 4 is 17.8 Å². The Labute approximate surface area is 112 Å². The van der Waals surface area contributed by atoms with Crippen LogP contribution in [0.3, 0.4) is 0 Å². The van der Waals surface area contributed by atoms with E-state index >= 15 is 0 Å². The maximum atomic E-state index is 12.2. The predicted octanol–water partition coefficient (Wildman–Crippen LogP) is 0.819. The smallest absolute Gasteiger partial charge is 0.331 e. The third-order valence-electron chi connectivity index (χ3n) is 3.45. The molecule has 0 aromatic heterocycles. The number of esters is 1. The summed E-state index contributed by atoms with van der Waals surface area (Å²) in [7, 11) is 1.32. The molecule has 6 heteroatoms. The minimum absolute atomic E-state index is 0.0326. The number of likely N-dealkylation sites (tertiary alicyclic amines) is 1. The molecule has 1 fully saturated rings. The number of piperidine rings is 1. The van der Waals surface area contributed by atoms with Crippen LogP contribution in [0.25, 0.3) is 0 Å². The molecule has 1 aliphatic heterocycles. The molecule has 1 aliphatic rings. The fraction of sp³-hybridized carbons (Fsp3) is 0.615. The van der Waals surface area contributed by atoms with E-state index in [2.05, 4.69) is 4.74 Å². The molecule has 0 radical (unpaired) electrons. The molecule has 0 bridgehead atoms. The van der Waals surface area contributed by atoms with Gasteiger partial charge in [-0.1, -0.05) is 0 Å². The van der Waals surface area contributed by atoms with Gasteiger partial charge < -0.3 is 14.7 Å². The summed E-state index contributed by atoms with van der Waals surface area (Å²) in [4.78, 5) is 36.0. The average molecular weight is 269 g/mol. The van der Waals surface area contributed by atoms with Gasteiger partial charge >= 0.3 is 11.9 Å². The molecule has 0 aromatic rings. The highest BCUT2D eigenvalue weighted by atomic mass is 16.5. The fourth-order valence-electron chi connectivity index (χ4n) is 2.08. The summed E-state index contributed by atoms with van der Waals surface area (Å²) >= 11 is 0. The Hall–Kier alpha value is -1.85. The van der Waals surface area contributed by atoms with Gasteiger partial charge in [0, 0.05) is 24.2 Å². The fourth-order valence-corrected chi connectivity index (χ4v) is 2.08. The molecule has 0 saturated carbocycles. The lowest BCUT2D eigenvalue weighted by atomic mass is 9.97. The van der Waals surface area contributed by atoms with Crippen molar-refractivity contribution in [1.82, 2.24) is 4.90 Å². The number of rotatable bonds is 3. The van der Waals surface area contributed by atoms with Crippen LogP contribution in [0.15, 0.2) is 11.1 Å². The molecule has 1 amide bonds. The number of aliphatic carboxylic acids is 1. The second-order valence-corrected chi connectivity index (χ2v) is 4.67. The van der Waals surface area contributed by atoms with Crippen LogP contribution in [0.4, 0.5) is 0 Å². The van der Waals surface area contributed by atoms with Crippen molar-refractivity contribution in [2.24, 2.45) is 5.92 Å². The summed E-state index contributed by atoms with van der Waals surface area (Å²) in [5, 5.41) is 8.88. The van der Waals surface area contributed by atoms with Gasteiger partial charge in [0.05, 0.1) is 13.0 Å². The Morgan fingerprint density at radius 1 is 1.21 bits per heavy atom. The molecule has 0 aromatic carbocycles. The zero-order valence-corrected chi connectivity index (χ0v) is 11.4. The standard InChI is InChI=1S/C13H19NO5/c1-8(9(2)12(16)17)11(15)14-6-4-5-10(7-14)13(18)19-3/h10H,4-7H2,1-3H3,(H,16,17). The Balaban J connectivity index is 2.80. The normalized spacial score (nSPS) is 20.6. The molecule has 1 rings (SSSR count). The summed E-state index contributed by atoms with van der Waals surface area (Å²) in [6.45, 7) is 3.72. The van der Waals surface area contributed by atoms with Crippen molar-refractivity contribution < 1.29 is 24.2 Å². The van der Waals surface area contributed by atoms with Crippen LogP contribution in [0.5, 0.6) is 0 Å². The Bertz CT molecular complexity index is 427. The minimum atomic E-state index is -1.10. The molecular formula is C13H19NO5. The van der Waals surface area contributed by atoms with E-state index in [4.69, 9.17) is 5.11 Å². The Morgan fingerprint density at radius 2 is 1.84 bits per heavy atom. The summed E-state index contributed by atoms with van der Waals surface area (Å²) in [6.07, 6.45) is 1.40. The molecule has 6 nitrogen and oxygen atoms in total. The zero-order valence-electron chi connectivity index (χ0n) is 11.4. The molecule has 1 atom stereocenters. The van der Waals surface area contributed by atoms with Crippen molar-refractivity contribution in [2.75, 3.05) is 20.2 Å². The summed E-state index contributed by atoms with van der Waals surface area (Å²) < 4.78 is 4.68. The van der Waals surface area contributed by atoms with Gasteiger partial charge in [0.1, 0.15) is 0 Å². The first-order valence-corrected chi connectivity index (χ1v) is 6.16. The van der Waals surface area contributed by atoms with Crippen molar-refractivity contribution in [2.45, 2.75) is 26.7 Å². The highest BCUT2D eigenvalue weighted by molar-refractivity contribution is 6.01. The molecule has 1 heterocycles. The van der Waals surface area contributed by atoms with Gasteiger partial charge in [-0.15, -0.1) is 0 Å². The second kappa shape index (κ2) is 6.36. The highest BCUT2D eigenvalue weighted by Crippen LogP contribution is 2.20. The first-order valence-electron chi connectivity index (χ1n) is 6.16. The lowest BCUT2D eigenvalue weighted by molar-refractivity contribution is -0.148. The van der Waals surface area contributed by atoms with Crippen LogP contribution >= 0.6 is 0 Å². The van der Waals surface area contributed by atoms with Crippen LogP contribution in [0, 0.1) is 5.92 Å². The van der Waals surface area contributed by atoms with Gasteiger partial charge in [-0.3, -0.25) is 9.59 Å². The van der Waals surface area contributed by atoms with Gasteiger partial charge in [0.2, 0.25) is 5.91 Å². The molecule has 1 unspecified atom stereocenters. The summed E-state index contributed by atoms with van der Waals surface area (Å²) in [5.74, 6) is -2.07. The van der Waals surface area contributed by atoms with Gasteiger partial charge in [0.15, 0.2) is 0 Å². The number of ether oxygens (including phenoxy) is 1. The van der Waals surface area contributed by atoms with Crippen LogP contribution in [-0.2, 0) is 19.1 Å². The van der Waals surface area contributed by atoms with Gasteiger partial charge in [-0.25, -0.2) is 4.79 Å². The monoisotopic (exact) mass is 269 g/mol. The van der Waals surface area contributed by atoms with Crippen molar-refractivity contribution in [3.63, 3.8) is 0 Å². The van der Waals surface area contributed by atoms with E-state index < -0.39 is 5.97 Å². The van der Waals surface area contributed by atoms with Crippen molar-refractivity contribution in [3.8, 4) is 0 Å². The second-order valence-electron chi connectivity index (χ2n) is 4.67.